The van der Waals surface area contributed by atoms with Crippen molar-refractivity contribution in [1.29, 1.82) is 0 Å². The number of nitrogens with zero attached hydrogens (tertiary/aromatic N) is 1. The zero-order valence-corrected chi connectivity index (χ0v) is 16.3. The second kappa shape index (κ2) is 8.90. The molecule has 0 atom stereocenters. The predicted molar refractivity (Wildman–Crippen MR) is 105 cm³/mol. The molecule has 3 rings (SSSR count). The molecule has 1 saturated carbocycles. The van der Waals surface area contributed by atoms with Crippen molar-refractivity contribution >= 4 is 11.7 Å². The highest BCUT2D eigenvalue weighted by Crippen LogP contribution is 2.38. The number of methoxy groups -OCH3 is 1. The van der Waals surface area contributed by atoms with Crippen LogP contribution in [0.1, 0.15) is 68.6 Å². The van der Waals surface area contributed by atoms with E-state index in [-0.39, 0.29) is 11.6 Å². The fourth-order valence-electron chi connectivity index (χ4n) is 4.60. The van der Waals surface area contributed by atoms with E-state index in [1.165, 1.54) is 44.2 Å². The zero-order valence-electron chi connectivity index (χ0n) is 16.3. The maximum Gasteiger partial charge on any atom is 0.338 e. The van der Waals surface area contributed by atoms with Crippen molar-refractivity contribution in [3.05, 3.63) is 29.8 Å². The summed E-state index contributed by atoms with van der Waals surface area (Å²) in [7, 11) is 1.90. The van der Waals surface area contributed by atoms with Crippen molar-refractivity contribution in [2.45, 2.75) is 63.9 Å². The predicted octanol–water partition coefficient (Wildman–Crippen LogP) is 4.82. The fourth-order valence-corrected chi connectivity index (χ4v) is 4.60. The molecule has 144 valence electrons. The highest BCUT2D eigenvalue weighted by Gasteiger charge is 2.37. The van der Waals surface area contributed by atoms with Crippen LogP contribution in [0, 0.1) is 5.92 Å². The van der Waals surface area contributed by atoms with Gasteiger partial charge in [0.25, 0.3) is 0 Å². The Morgan fingerprint density at radius 2 is 1.77 bits per heavy atom. The first-order valence-electron chi connectivity index (χ1n) is 10.2. The van der Waals surface area contributed by atoms with Crippen molar-refractivity contribution < 1.29 is 14.3 Å². The summed E-state index contributed by atoms with van der Waals surface area (Å²) >= 11 is 0. The molecular formula is C22H33NO3. The minimum absolute atomic E-state index is 0.0589. The molecule has 1 aliphatic carbocycles. The van der Waals surface area contributed by atoms with Gasteiger partial charge < -0.3 is 14.4 Å². The summed E-state index contributed by atoms with van der Waals surface area (Å²) in [6, 6.07) is 7.81. The van der Waals surface area contributed by atoms with E-state index in [1.54, 1.807) is 0 Å². The minimum atomic E-state index is -0.247. The monoisotopic (exact) mass is 359 g/mol. The Hall–Kier alpha value is -1.55. The number of ether oxygens (including phenoxy) is 2. The molecule has 1 heterocycles. The van der Waals surface area contributed by atoms with E-state index >= 15 is 0 Å². The van der Waals surface area contributed by atoms with Gasteiger partial charge in [0.05, 0.1) is 17.8 Å². The van der Waals surface area contributed by atoms with Crippen LogP contribution >= 0.6 is 0 Å². The van der Waals surface area contributed by atoms with E-state index < -0.39 is 0 Å². The highest BCUT2D eigenvalue weighted by atomic mass is 16.5. The molecular weight excluding hydrogens is 326 g/mol. The number of esters is 1. The molecule has 4 nitrogen and oxygen atoms in total. The van der Waals surface area contributed by atoms with E-state index in [9.17, 15) is 4.79 Å². The lowest BCUT2D eigenvalue weighted by molar-refractivity contribution is -0.0506. The first-order valence-corrected chi connectivity index (χ1v) is 10.2. The third kappa shape index (κ3) is 4.59. The molecule has 2 fully saturated rings. The van der Waals surface area contributed by atoms with Gasteiger partial charge in [0.15, 0.2) is 0 Å². The molecule has 0 aromatic heterocycles. The maximum absolute atomic E-state index is 11.8. The van der Waals surface area contributed by atoms with Gasteiger partial charge in [-0.15, -0.1) is 0 Å². The molecule has 1 aliphatic heterocycles. The maximum atomic E-state index is 11.8. The Balaban J connectivity index is 1.57. The van der Waals surface area contributed by atoms with E-state index in [2.05, 4.69) is 4.90 Å². The summed E-state index contributed by atoms with van der Waals surface area (Å²) in [5, 5.41) is 0. The molecule has 0 unspecified atom stereocenters. The van der Waals surface area contributed by atoms with Gasteiger partial charge in [0, 0.05) is 25.9 Å². The van der Waals surface area contributed by atoms with Gasteiger partial charge in [-0.05, 0) is 56.4 Å². The van der Waals surface area contributed by atoms with Gasteiger partial charge in [0.2, 0.25) is 0 Å². The third-order valence-corrected chi connectivity index (χ3v) is 6.24. The molecule has 0 bridgehead atoms. The second-order valence-electron chi connectivity index (χ2n) is 7.85. The van der Waals surface area contributed by atoms with Crippen LogP contribution in [0.2, 0.25) is 0 Å². The topological polar surface area (TPSA) is 38.8 Å². The summed E-state index contributed by atoms with van der Waals surface area (Å²) in [5.41, 5.74) is 1.86. The lowest BCUT2D eigenvalue weighted by Crippen LogP contribution is -2.47. The van der Waals surface area contributed by atoms with Crippen LogP contribution in [0.25, 0.3) is 0 Å². The summed E-state index contributed by atoms with van der Waals surface area (Å²) in [5.74, 6) is 0.600. The Kier molecular flexibility index (Phi) is 6.58. The van der Waals surface area contributed by atoms with Crippen LogP contribution in [0.5, 0.6) is 0 Å². The van der Waals surface area contributed by atoms with Crippen LogP contribution in [-0.4, -0.2) is 38.4 Å². The van der Waals surface area contributed by atoms with E-state index in [0.717, 1.165) is 31.8 Å². The van der Waals surface area contributed by atoms with Gasteiger partial charge in [-0.2, -0.15) is 0 Å². The smallest absolute Gasteiger partial charge is 0.338 e. The number of carbonyl (C=O) groups excluding carboxylic acids is 1. The number of hydrogen-bond donors (Lipinski definition) is 0. The summed E-state index contributed by atoms with van der Waals surface area (Å²) in [6.07, 6.45) is 10.3. The van der Waals surface area contributed by atoms with Crippen LogP contribution in [0.3, 0.4) is 0 Å². The van der Waals surface area contributed by atoms with Crippen molar-refractivity contribution in [2.24, 2.45) is 5.92 Å². The first-order chi connectivity index (χ1) is 12.7. The highest BCUT2D eigenvalue weighted by molar-refractivity contribution is 5.89. The largest absolute Gasteiger partial charge is 0.462 e. The van der Waals surface area contributed by atoms with Gasteiger partial charge in [-0.3, -0.25) is 0 Å². The average Bonchev–Trinajstić information content (AvgIpc) is 2.70. The average molecular weight is 360 g/mol. The third-order valence-electron chi connectivity index (χ3n) is 6.24. The summed E-state index contributed by atoms with van der Waals surface area (Å²) < 4.78 is 11.1. The van der Waals surface area contributed by atoms with Crippen LogP contribution in [-0.2, 0) is 9.47 Å². The Labute approximate surface area is 157 Å². The molecule has 26 heavy (non-hydrogen) atoms. The molecule has 0 N–H and O–H groups in total. The van der Waals surface area contributed by atoms with E-state index in [4.69, 9.17) is 9.47 Å². The van der Waals surface area contributed by atoms with Gasteiger partial charge in [-0.1, -0.05) is 32.1 Å². The zero-order chi connectivity index (χ0) is 18.4. The molecule has 1 aromatic rings. The van der Waals surface area contributed by atoms with Crippen molar-refractivity contribution in [2.75, 3.05) is 31.7 Å². The van der Waals surface area contributed by atoms with Gasteiger partial charge >= 0.3 is 5.97 Å². The number of benzene rings is 1. The number of hydrogen-bond acceptors (Lipinski definition) is 4. The second-order valence-corrected chi connectivity index (χ2v) is 7.85. The molecule has 2 aliphatic rings. The molecule has 4 heteroatoms. The summed E-state index contributed by atoms with van der Waals surface area (Å²) in [6.45, 7) is 4.26. The van der Waals surface area contributed by atoms with Gasteiger partial charge in [0.1, 0.15) is 0 Å². The number of anilines is 1. The first kappa shape index (κ1) is 19.2. The van der Waals surface area contributed by atoms with Crippen molar-refractivity contribution in [3.63, 3.8) is 0 Å². The van der Waals surface area contributed by atoms with Crippen LogP contribution in [0.4, 0.5) is 5.69 Å². The van der Waals surface area contributed by atoms with E-state index in [1.807, 2.05) is 38.3 Å². The molecule has 1 saturated heterocycles. The normalized spacial score (nSPS) is 20.8. The number of carbonyl (C=O) groups is 1. The SMILES string of the molecule is CCOC(=O)c1ccc(N2CCC(CC3CCCCC3)(OC)CC2)cc1. The standard InChI is InChI=1S/C22H33NO3/c1-3-26-21(24)19-9-11-20(12-10-19)23-15-13-22(25-2,14-16-23)17-18-7-5-4-6-8-18/h9-12,18H,3-8,13-17H2,1-2H3. The van der Waals surface area contributed by atoms with E-state index in [0.29, 0.717) is 12.2 Å². The Morgan fingerprint density at radius 3 is 2.35 bits per heavy atom. The Morgan fingerprint density at radius 1 is 1.12 bits per heavy atom. The molecule has 1 aromatic carbocycles. The van der Waals surface area contributed by atoms with Crippen molar-refractivity contribution in [3.8, 4) is 0 Å². The van der Waals surface area contributed by atoms with Crippen LogP contribution < -0.4 is 4.90 Å². The minimum Gasteiger partial charge on any atom is -0.462 e. The quantitative estimate of drug-likeness (QED) is 0.683. The molecule has 0 amide bonds. The number of rotatable bonds is 6. The lowest BCUT2D eigenvalue weighted by atomic mass is 9.77. The Bertz CT molecular complexity index is 570. The summed E-state index contributed by atoms with van der Waals surface area (Å²) in [4.78, 5) is 14.2. The lowest BCUT2D eigenvalue weighted by Gasteiger charge is -2.44. The van der Waals surface area contributed by atoms with Gasteiger partial charge in [-0.25, -0.2) is 4.79 Å². The fraction of sp³-hybridized carbons (Fsp3) is 0.682. The molecule has 0 spiro atoms. The molecule has 0 radical (unpaired) electrons. The van der Waals surface area contributed by atoms with Crippen LogP contribution in [0.15, 0.2) is 24.3 Å². The number of piperidine rings is 1. The van der Waals surface area contributed by atoms with Crippen molar-refractivity contribution in [1.82, 2.24) is 0 Å².